The first-order valence-corrected chi connectivity index (χ1v) is 6.71. The van der Waals surface area contributed by atoms with Gasteiger partial charge in [0.25, 0.3) is 0 Å². The Morgan fingerprint density at radius 1 is 1.33 bits per heavy atom. The Hall–Kier alpha value is -1.89. The quantitative estimate of drug-likeness (QED) is 0.933. The van der Waals surface area contributed by atoms with Crippen LogP contribution in [0.1, 0.15) is 13.8 Å². The van der Waals surface area contributed by atoms with Crippen LogP contribution in [0.5, 0.6) is 5.75 Å². The van der Waals surface area contributed by atoms with Crippen molar-refractivity contribution in [3.8, 4) is 5.75 Å². The van der Waals surface area contributed by atoms with Crippen molar-refractivity contribution < 1.29 is 23.0 Å². The molecule has 2 atom stereocenters. The molecule has 1 heterocycles. The first kappa shape index (κ1) is 15.5. The molecule has 2 amide bonds. The number of amides is 2. The van der Waals surface area contributed by atoms with Crippen LogP contribution in [0.2, 0.25) is 0 Å². The van der Waals surface area contributed by atoms with E-state index in [-0.39, 0.29) is 29.7 Å². The minimum Gasteiger partial charge on any atom is -0.433 e. The number of urea groups is 1. The third-order valence-corrected chi connectivity index (χ3v) is 3.05. The minimum atomic E-state index is -2.94. The zero-order valence-corrected chi connectivity index (χ0v) is 11.9. The van der Waals surface area contributed by atoms with Gasteiger partial charge < -0.3 is 19.7 Å². The van der Waals surface area contributed by atoms with Crippen molar-refractivity contribution in [1.29, 1.82) is 0 Å². The average molecular weight is 300 g/mol. The van der Waals surface area contributed by atoms with Crippen LogP contribution in [0, 0.1) is 0 Å². The Morgan fingerprint density at radius 2 is 1.95 bits per heavy atom. The topological polar surface area (TPSA) is 50.8 Å². The number of rotatable bonds is 3. The van der Waals surface area contributed by atoms with Crippen LogP contribution < -0.4 is 10.1 Å². The number of nitrogens with one attached hydrogen (secondary N) is 1. The minimum absolute atomic E-state index is 0.0600. The first-order chi connectivity index (χ1) is 9.95. The van der Waals surface area contributed by atoms with Crippen molar-refractivity contribution >= 4 is 11.7 Å². The highest BCUT2D eigenvalue weighted by Gasteiger charge is 2.26. The zero-order valence-electron chi connectivity index (χ0n) is 11.9. The number of hydrogen-bond donors (Lipinski definition) is 1. The Labute approximate surface area is 121 Å². The summed E-state index contributed by atoms with van der Waals surface area (Å²) < 4.78 is 34.6. The van der Waals surface area contributed by atoms with Crippen LogP contribution in [-0.2, 0) is 4.74 Å². The van der Waals surface area contributed by atoms with E-state index in [4.69, 9.17) is 4.74 Å². The summed E-state index contributed by atoms with van der Waals surface area (Å²) in [5, 5.41) is 2.60. The summed E-state index contributed by atoms with van der Waals surface area (Å²) in [5.41, 5.74) is 0.217. The van der Waals surface area contributed by atoms with E-state index in [1.165, 1.54) is 12.1 Å². The average Bonchev–Trinajstić information content (AvgIpc) is 2.39. The highest BCUT2D eigenvalue weighted by Crippen LogP contribution is 2.26. The molecule has 1 aromatic carbocycles. The summed E-state index contributed by atoms with van der Waals surface area (Å²) in [6.45, 7) is 1.72. The predicted octanol–water partition coefficient (Wildman–Crippen LogP) is 2.93. The standard InChI is InChI=1S/C14H18F2N2O3/c1-9-7-18(8-10(2)20-9)14(19)17-11-5-3-4-6-12(11)21-13(15)16/h3-6,9-10,13H,7-8H2,1-2H3,(H,17,19)/t9-,10-/m1/s1. The van der Waals surface area contributed by atoms with E-state index >= 15 is 0 Å². The van der Waals surface area contributed by atoms with E-state index in [0.29, 0.717) is 13.1 Å². The molecule has 1 aliphatic heterocycles. The number of alkyl halides is 2. The number of para-hydroxylation sites is 2. The SMILES string of the molecule is C[C@@H]1CN(C(=O)Nc2ccccc2OC(F)F)C[C@@H](C)O1. The summed E-state index contributed by atoms with van der Waals surface area (Å²) in [6, 6.07) is 5.74. The molecule has 1 N–H and O–H groups in total. The van der Waals surface area contributed by atoms with Crippen LogP contribution in [0.3, 0.4) is 0 Å². The van der Waals surface area contributed by atoms with E-state index < -0.39 is 6.61 Å². The summed E-state index contributed by atoms with van der Waals surface area (Å²) >= 11 is 0. The Morgan fingerprint density at radius 3 is 2.57 bits per heavy atom. The van der Waals surface area contributed by atoms with Crippen molar-refractivity contribution in [3.63, 3.8) is 0 Å². The fourth-order valence-corrected chi connectivity index (χ4v) is 2.31. The number of ether oxygens (including phenoxy) is 2. The predicted molar refractivity (Wildman–Crippen MR) is 73.7 cm³/mol. The Balaban J connectivity index is 2.05. The summed E-state index contributed by atoms with van der Waals surface area (Å²) in [6.07, 6.45) is -0.126. The molecule has 0 spiro atoms. The normalized spacial score (nSPS) is 22.2. The van der Waals surface area contributed by atoms with E-state index in [9.17, 15) is 13.6 Å². The molecule has 0 aromatic heterocycles. The molecule has 21 heavy (non-hydrogen) atoms. The van der Waals surface area contributed by atoms with E-state index in [2.05, 4.69) is 10.1 Å². The van der Waals surface area contributed by atoms with Crippen molar-refractivity contribution in [3.05, 3.63) is 24.3 Å². The first-order valence-electron chi connectivity index (χ1n) is 6.71. The fraction of sp³-hybridized carbons (Fsp3) is 0.500. The maximum absolute atomic E-state index is 12.3. The number of anilines is 1. The van der Waals surface area contributed by atoms with E-state index in [0.717, 1.165) is 0 Å². The fourth-order valence-electron chi connectivity index (χ4n) is 2.31. The monoisotopic (exact) mass is 300 g/mol. The van der Waals surface area contributed by atoms with Gasteiger partial charge in [0.15, 0.2) is 0 Å². The van der Waals surface area contributed by atoms with Gasteiger partial charge in [-0.05, 0) is 26.0 Å². The number of morpholine rings is 1. The van der Waals surface area contributed by atoms with Gasteiger partial charge in [0, 0.05) is 13.1 Å². The van der Waals surface area contributed by atoms with E-state index in [1.54, 1.807) is 17.0 Å². The number of benzene rings is 1. The molecule has 5 nitrogen and oxygen atoms in total. The van der Waals surface area contributed by atoms with Crippen LogP contribution in [0.15, 0.2) is 24.3 Å². The molecular weight excluding hydrogens is 282 g/mol. The maximum atomic E-state index is 12.3. The third-order valence-electron chi connectivity index (χ3n) is 3.05. The smallest absolute Gasteiger partial charge is 0.387 e. The number of hydrogen-bond acceptors (Lipinski definition) is 3. The van der Waals surface area contributed by atoms with E-state index in [1.807, 2.05) is 13.8 Å². The molecule has 1 aliphatic rings. The second-order valence-corrected chi connectivity index (χ2v) is 4.97. The lowest BCUT2D eigenvalue weighted by Crippen LogP contribution is -2.49. The molecule has 2 rings (SSSR count). The van der Waals surface area contributed by atoms with Crippen LogP contribution >= 0.6 is 0 Å². The molecule has 1 fully saturated rings. The number of carbonyl (C=O) groups is 1. The molecule has 0 radical (unpaired) electrons. The van der Waals surface area contributed by atoms with Gasteiger partial charge >= 0.3 is 12.6 Å². The lowest BCUT2D eigenvalue weighted by Gasteiger charge is -2.35. The summed E-state index contributed by atoms with van der Waals surface area (Å²) in [4.78, 5) is 13.8. The lowest BCUT2D eigenvalue weighted by molar-refractivity contribution is -0.0531. The molecule has 0 unspecified atom stereocenters. The van der Waals surface area contributed by atoms with Gasteiger partial charge in [-0.15, -0.1) is 0 Å². The van der Waals surface area contributed by atoms with Crippen LogP contribution in [0.4, 0.5) is 19.3 Å². The molecule has 1 saturated heterocycles. The molecule has 1 aromatic rings. The van der Waals surface area contributed by atoms with Crippen LogP contribution in [-0.4, -0.2) is 42.8 Å². The molecule has 0 aliphatic carbocycles. The maximum Gasteiger partial charge on any atom is 0.387 e. The van der Waals surface area contributed by atoms with Gasteiger partial charge in [0.1, 0.15) is 5.75 Å². The summed E-state index contributed by atoms with van der Waals surface area (Å²) in [5.74, 6) is -0.0600. The van der Waals surface area contributed by atoms with Gasteiger partial charge in [-0.25, -0.2) is 4.79 Å². The summed E-state index contributed by atoms with van der Waals surface area (Å²) in [7, 11) is 0. The largest absolute Gasteiger partial charge is 0.433 e. The molecule has 0 saturated carbocycles. The number of carbonyl (C=O) groups excluding carboxylic acids is 1. The van der Waals surface area contributed by atoms with Gasteiger partial charge in [0.2, 0.25) is 0 Å². The van der Waals surface area contributed by atoms with Crippen molar-refractivity contribution in [2.75, 3.05) is 18.4 Å². The molecule has 0 bridgehead atoms. The second kappa shape index (κ2) is 6.71. The van der Waals surface area contributed by atoms with Crippen molar-refractivity contribution in [2.45, 2.75) is 32.7 Å². The van der Waals surface area contributed by atoms with Crippen molar-refractivity contribution in [2.24, 2.45) is 0 Å². The third kappa shape index (κ3) is 4.29. The number of halogens is 2. The van der Waals surface area contributed by atoms with Gasteiger partial charge in [-0.3, -0.25) is 0 Å². The Kier molecular flexibility index (Phi) is 4.95. The highest BCUT2D eigenvalue weighted by molar-refractivity contribution is 5.91. The molecular formula is C14H18F2N2O3. The van der Waals surface area contributed by atoms with Crippen molar-refractivity contribution in [1.82, 2.24) is 4.90 Å². The van der Waals surface area contributed by atoms with Crippen LogP contribution in [0.25, 0.3) is 0 Å². The van der Waals surface area contributed by atoms with Gasteiger partial charge in [-0.1, -0.05) is 12.1 Å². The second-order valence-electron chi connectivity index (χ2n) is 4.97. The molecule has 116 valence electrons. The van der Waals surface area contributed by atoms with Gasteiger partial charge in [-0.2, -0.15) is 8.78 Å². The lowest BCUT2D eigenvalue weighted by atomic mass is 10.2. The van der Waals surface area contributed by atoms with Gasteiger partial charge in [0.05, 0.1) is 17.9 Å². The molecule has 7 heteroatoms. The number of nitrogens with zero attached hydrogens (tertiary/aromatic N) is 1. The highest BCUT2D eigenvalue weighted by atomic mass is 19.3. The Bertz CT molecular complexity index is 489. The zero-order chi connectivity index (χ0) is 15.4.